The van der Waals surface area contributed by atoms with Gasteiger partial charge >= 0.3 is 5.97 Å². The average molecular weight is 429 g/mol. The van der Waals surface area contributed by atoms with E-state index in [1.165, 1.54) is 5.56 Å². The summed E-state index contributed by atoms with van der Waals surface area (Å²) in [6, 6.07) is 10.3. The highest BCUT2D eigenvalue weighted by Gasteiger charge is 2.20. The number of benzene rings is 1. The van der Waals surface area contributed by atoms with Crippen molar-refractivity contribution in [2.45, 2.75) is 13.8 Å². The summed E-state index contributed by atoms with van der Waals surface area (Å²) >= 11 is 1.15. The van der Waals surface area contributed by atoms with Crippen molar-refractivity contribution in [1.82, 2.24) is 14.8 Å². The number of thiazole rings is 1. The van der Waals surface area contributed by atoms with Gasteiger partial charge in [0.15, 0.2) is 5.13 Å². The molecule has 2 heterocycles. The van der Waals surface area contributed by atoms with Crippen molar-refractivity contribution in [3.05, 3.63) is 52.5 Å². The fourth-order valence-electron chi connectivity index (χ4n) is 3.23. The first-order chi connectivity index (χ1) is 14.5. The third-order valence-electron chi connectivity index (χ3n) is 4.81. The highest BCUT2D eigenvalue weighted by atomic mass is 32.1. The van der Waals surface area contributed by atoms with E-state index in [4.69, 9.17) is 4.74 Å². The van der Waals surface area contributed by atoms with Gasteiger partial charge in [-0.3, -0.25) is 14.6 Å². The molecule has 0 bridgehead atoms. The number of anilines is 1. The average Bonchev–Trinajstić information content (AvgIpc) is 3.10. The molecule has 8 heteroatoms. The topological polar surface area (TPSA) is 74.8 Å². The Morgan fingerprint density at radius 3 is 2.57 bits per heavy atom. The molecule has 1 fully saturated rings. The van der Waals surface area contributed by atoms with E-state index in [1.54, 1.807) is 13.8 Å². The van der Waals surface area contributed by atoms with Gasteiger partial charge in [0, 0.05) is 32.7 Å². The Bertz CT molecular complexity index is 874. The van der Waals surface area contributed by atoms with Crippen LogP contribution in [0.2, 0.25) is 0 Å². The molecule has 0 atom stereocenters. The molecule has 160 valence electrons. The quantitative estimate of drug-likeness (QED) is 0.652. The van der Waals surface area contributed by atoms with Gasteiger partial charge in [0.2, 0.25) is 5.91 Å². The fourth-order valence-corrected chi connectivity index (χ4v) is 4.11. The minimum absolute atomic E-state index is 0.114. The van der Waals surface area contributed by atoms with Crippen LogP contribution in [0.5, 0.6) is 0 Å². The summed E-state index contributed by atoms with van der Waals surface area (Å²) in [5, 5.41) is 3.24. The Balaban J connectivity index is 1.40. The molecule has 0 spiro atoms. The van der Waals surface area contributed by atoms with Crippen LogP contribution in [0.4, 0.5) is 5.13 Å². The van der Waals surface area contributed by atoms with Crippen molar-refractivity contribution >= 4 is 34.4 Å². The van der Waals surface area contributed by atoms with E-state index < -0.39 is 5.97 Å². The number of hydrogen-bond donors (Lipinski definition) is 1. The lowest BCUT2D eigenvalue weighted by atomic mass is 10.2. The molecule has 1 aliphatic rings. The number of ether oxygens (including phenoxy) is 1. The van der Waals surface area contributed by atoms with Gasteiger partial charge in [-0.1, -0.05) is 53.8 Å². The Hall–Kier alpha value is -2.55. The molecule has 0 radical (unpaired) electrons. The number of esters is 1. The first-order valence-corrected chi connectivity index (χ1v) is 11.0. The summed E-state index contributed by atoms with van der Waals surface area (Å²) in [5.41, 5.74) is 1.78. The maximum atomic E-state index is 12.4. The van der Waals surface area contributed by atoms with Crippen LogP contribution in [0, 0.1) is 6.92 Å². The molecule has 1 amide bonds. The number of piperazine rings is 1. The number of aromatic nitrogens is 1. The van der Waals surface area contributed by atoms with Gasteiger partial charge in [0.1, 0.15) is 4.88 Å². The van der Waals surface area contributed by atoms with E-state index in [1.807, 2.05) is 18.2 Å². The summed E-state index contributed by atoms with van der Waals surface area (Å²) in [6.45, 7) is 8.58. The van der Waals surface area contributed by atoms with Gasteiger partial charge < -0.3 is 10.1 Å². The van der Waals surface area contributed by atoms with Crippen LogP contribution >= 0.6 is 11.3 Å². The van der Waals surface area contributed by atoms with Crippen LogP contribution in [0.15, 0.2) is 36.4 Å². The minimum Gasteiger partial charge on any atom is -0.462 e. The SMILES string of the molecule is CCOC(=O)c1sc(NC(=O)CN2CCN(CC=Cc3ccccc3)CC2)nc1C. The maximum Gasteiger partial charge on any atom is 0.350 e. The van der Waals surface area contributed by atoms with Crippen LogP contribution in [0.1, 0.15) is 27.9 Å². The van der Waals surface area contributed by atoms with Crippen LogP contribution < -0.4 is 5.32 Å². The Labute approximate surface area is 181 Å². The molecular weight excluding hydrogens is 400 g/mol. The number of carbonyl (C=O) groups excluding carboxylic acids is 2. The van der Waals surface area contributed by atoms with Crippen molar-refractivity contribution in [3.63, 3.8) is 0 Å². The summed E-state index contributed by atoms with van der Waals surface area (Å²) in [7, 11) is 0. The number of hydrogen-bond acceptors (Lipinski definition) is 7. The van der Waals surface area contributed by atoms with Gasteiger partial charge in [-0.25, -0.2) is 9.78 Å². The van der Waals surface area contributed by atoms with E-state index in [0.29, 0.717) is 28.9 Å². The molecule has 0 unspecified atom stereocenters. The van der Waals surface area contributed by atoms with Gasteiger partial charge in [0.25, 0.3) is 0 Å². The monoisotopic (exact) mass is 428 g/mol. The number of aryl methyl sites for hydroxylation is 1. The highest BCUT2D eigenvalue weighted by molar-refractivity contribution is 7.17. The molecule has 1 N–H and O–H groups in total. The Morgan fingerprint density at radius 1 is 1.17 bits per heavy atom. The number of nitrogens with one attached hydrogen (secondary N) is 1. The van der Waals surface area contributed by atoms with E-state index in [9.17, 15) is 9.59 Å². The molecule has 2 aromatic rings. The number of rotatable bonds is 8. The zero-order valence-corrected chi connectivity index (χ0v) is 18.3. The van der Waals surface area contributed by atoms with E-state index in [-0.39, 0.29) is 5.91 Å². The molecule has 1 aromatic heterocycles. The molecule has 30 heavy (non-hydrogen) atoms. The van der Waals surface area contributed by atoms with E-state index in [0.717, 1.165) is 44.1 Å². The molecule has 1 aliphatic heterocycles. The first kappa shape index (κ1) is 22.1. The van der Waals surface area contributed by atoms with Crippen LogP contribution in [0.25, 0.3) is 6.08 Å². The van der Waals surface area contributed by atoms with E-state index in [2.05, 4.69) is 44.4 Å². The summed E-state index contributed by atoms with van der Waals surface area (Å²) < 4.78 is 5.01. The molecule has 0 saturated carbocycles. The summed E-state index contributed by atoms with van der Waals surface area (Å²) in [4.78, 5) is 33.5. The molecule has 3 rings (SSSR count). The number of carbonyl (C=O) groups is 2. The van der Waals surface area contributed by atoms with Gasteiger partial charge in [-0.2, -0.15) is 0 Å². The molecule has 1 aromatic carbocycles. The molecule has 0 aliphatic carbocycles. The second-order valence-corrected chi connectivity index (χ2v) is 8.09. The Kier molecular flexibility index (Phi) is 8.12. The predicted octanol–water partition coefficient (Wildman–Crippen LogP) is 2.90. The smallest absolute Gasteiger partial charge is 0.350 e. The third kappa shape index (κ3) is 6.48. The Morgan fingerprint density at radius 2 is 1.87 bits per heavy atom. The van der Waals surface area contributed by atoms with Crippen molar-refractivity contribution in [2.24, 2.45) is 0 Å². The zero-order valence-electron chi connectivity index (χ0n) is 17.5. The zero-order chi connectivity index (χ0) is 21.3. The van der Waals surface area contributed by atoms with Crippen molar-refractivity contribution in [2.75, 3.05) is 51.2 Å². The third-order valence-corrected chi connectivity index (χ3v) is 5.86. The van der Waals surface area contributed by atoms with Gasteiger partial charge in [0.05, 0.1) is 18.8 Å². The van der Waals surface area contributed by atoms with Crippen molar-refractivity contribution in [3.8, 4) is 0 Å². The van der Waals surface area contributed by atoms with Crippen molar-refractivity contribution in [1.29, 1.82) is 0 Å². The van der Waals surface area contributed by atoms with Crippen LogP contribution in [-0.2, 0) is 9.53 Å². The lowest BCUT2D eigenvalue weighted by Gasteiger charge is -2.33. The number of nitrogens with zero attached hydrogens (tertiary/aromatic N) is 3. The first-order valence-electron chi connectivity index (χ1n) is 10.2. The summed E-state index contributed by atoms with van der Waals surface area (Å²) in [5.74, 6) is -0.512. The fraction of sp³-hybridized carbons (Fsp3) is 0.409. The summed E-state index contributed by atoms with van der Waals surface area (Å²) in [6.07, 6.45) is 4.32. The lowest BCUT2D eigenvalue weighted by Crippen LogP contribution is -2.48. The molecule has 7 nitrogen and oxygen atoms in total. The van der Waals surface area contributed by atoms with Gasteiger partial charge in [-0.05, 0) is 19.4 Å². The second-order valence-electron chi connectivity index (χ2n) is 7.09. The lowest BCUT2D eigenvalue weighted by molar-refractivity contribution is -0.117. The van der Waals surface area contributed by atoms with Crippen LogP contribution in [-0.4, -0.2) is 72.5 Å². The predicted molar refractivity (Wildman–Crippen MR) is 120 cm³/mol. The van der Waals surface area contributed by atoms with Gasteiger partial charge in [-0.15, -0.1) is 0 Å². The van der Waals surface area contributed by atoms with Crippen molar-refractivity contribution < 1.29 is 14.3 Å². The highest BCUT2D eigenvalue weighted by Crippen LogP contribution is 2.23. The second kappa shape index (κ2) is 11.0. The minimum atomic E-state index is -0.398. The standard InChI is InChI=1S/C22H28N4O3S/c1-3-29-21(28)20-17(2)23-22(30-20)24-19(27)16-26-14-12-25(13-15-26)11-7-10-18-8-5-4-6-9-18/h4-10H,3,11-16H2,1-2H3,(H,23,24,27). The number of amides is 1. The normalized spacial score (nSPS) is 15.4. The molecular formula is C22H28N4O3S. The van der Waals surface area contributed by atoms with E-state index >= 15 is 0 Å². The van der Waals surface area contributed by atoms with Crippen LogP contribution in [0.3, 0.4) is 0 Å². The molecule has 1 saturated heterocycles. The maximum absolute atomic E-state index is 12.4. The largest absolute Gasteiger partial charge is 0.462 e.